The number of sulfonamides is 1. The number of fused-ring (bicyclic) bond motifs is 2. The molecule has 1 amide bonds. The summed E-state index contributed by atoms with van der Waals surface area (Å²) in [4.78, 5) is 14.4. The molecule has 2 N–H and O–H groups in total. The number of amides is 1. The number of carbonyl (C=O) groups is 1. The fourth-order valence-electron chi connectivity index (χ4n) is 3.30. The molecule has 1 aromatic rings. The lowest BCUT2D eigenvalue weighted by Gasteiger charge is -2.24. The Morgan fingerprint density at radius 3 is 2.62 bits per heavy atom. The highest BCUT2D eigenvalue weighted by molar-refractivity contribution is 7.89. The van der Waals surface area contributed by atoms with Gasteiger partial charge >= 0.3 is 0 Å². The van der Waals surface area contributed by atoms with Gasteiger partial charge in [-0.3, -0.25) is 4.79 Å². The van der Waals surface area contributed by atoms with Gasteiger partial charge in [0.05, 0.1) is 4.90 Å². The van der Waals surface area contributed by atoms with Crippen molar-refractivity contribution in [3.63, 3.8) is 0 Å². The average molecular weight is 374 g/mol. The molecule has 0 saturated carbocycles. The number of nitrogens with zero attached hydrogens (tertiary/aromatic N) is 1. The summed E-state index contributed by atoms with van der Waals surface area (Å²) >= 11 is 0. The van der Waals surface area contributed by atoms with E-state index in [1.807, 2.05) is 4.90 Å². The number of nitrogens with one attached hydrogen (secondary N) is 2. The predicted octanol–water partition coefficient (Wildman–Crippen LogP) is 1.13. The van der Waals surface area contributed by atoms with Gasteiger partial charge in [0.25, 0.3) is 0 Å². The first-order valence-electron chi connectivity index (χ1n) is 8.13. The maximum atomic E-state index is 12.3. The first-order chi connectivity index (χ1) is 11.0. The molecule has 2 fully saturated rings. The van der Waals surface area contributed by atoms with Crippen molar-refractivity contribution >= 4 is 28.3 Å². The Labute approximate surface area is 149 Å². The van der Waals surface area contributed by atoms with Crippen LogP contribution in [0.2, 0.25) is 0 Å². The van der Waals surface area contributed by atoms with Gasteiger partial charge in [-0.05, 0) is 31.4 Å². The van der Waals surface area contributed by atoms with E-state index < -0.39 is 10.0 Å². The van der Waals surface area contributed by atoms with Gasteiger partial charge in [0.2, 0.25) is 15.9 Å². The van der Waals surface area contributed by atoms with E-state index in [9.17, 15) is 13.2 Å². The van der Waals surface area contributed by atoms with E-state index in [0.29, 0.717) is 12.1 Å². The molecule has 2 unspecified atom stereocenters. The van der Waals surface area contributed by atoms with Gasteiger partial charge in [-0.15, -0.1) is 12.4 Å². The summed E-state index contributed by atoms with van der Waals surface area (Å²) in [5.41, 5.74) is 0. The lowest BCUT2D eigenvalue weighted by atomic mass is 10.1. The van der Waals surface area contributed by atoms with Gasteiger partial charge in [-0.1, -0.05) is 18.2 Å². The highest BCUT2D eigenvalue weighted by Crippen LogP contribution is 2.20. The minimum Gasteiger partial charge on any atom is -0.341 e. The summed E-state index contributed by atoms with van der Waals surface area (Å²) in [6, 6.07) is 9.14. The number of benzene rings is 1. The molecule has 2 saturated heterocycles. The maximum Gasteiger partial charge on any atom is 0.240 e. The molecule has 2 atom stereocenters. The van der Waals surface area contributed by atoms with E-state index in [1.54, 1.807) is 30.3 Å². The lowest BCUT2D eigenvalue weighted by Crippen LogP contribution is -2.40. The molecular formula is C16H24ClN3O3S. The zero-order valence-corrected chi connectivity index (χ0v) is 15.1. The van der Waals surface area contributed by atoms with E-state index in [0.717, 1.165) is 25.9 Å². The second-order valence-electron chi connectivity index (χ2n) is 6.23. The molecule has 24 heavy (non-hydrogen) atoms. The van der Waals surface area contributed by atoms with Gasteiger partial charge in [0.15, 0.2) is 0 Å². The van der Waals surface area contributed by atoms with E-state index in [1.165, 1.54) is 6.42 Å². The molecule has 0 radical (unpaired) electrons. The third-order valence-corrected chi connectivity index (χ3v) is 6.04. The Morgan fingerprint density at radius 2 is 1.88 bits per heavy atom. The van der Waals surface area contributed by atoms with E-state index in [4.69, 9.17) is 0 Å². The van der Waals surface area contributed by atoms with Gasteiger partial charge in [-0.25, -0.2) is 13.1 Å². The number of hydrogen-bond donors (Lipinski definition) is 2. The van der Waals surface area contributed by atoms with Crippen LogP contribution in [0.5, 0.6) is 0 Å². The van der Waals surface area contributed by atoms with Crippen molar-refractivity contribution in [2.75, 3.05) is 19.6 Å². The fraction of sp³-hybridized carbons (Fsp3) is 0.562. The van der Waals surface area contributed by atoms with Crippen molar-refractivity contribution in [1.29, 1.82) is 0 Å². The van der Waals surface area contributed by atoms with Crippen molar-refractivity contribution in [2.45, 2.75) is 42.7 Å². The lowest BCUT2D eigenvalue weighted by molar-refractivity contribution is -0.131. The first kappa shape index (κ1) is 19.2. The first-order valence-corrected chi connectivity index (χ1v) is 9.61. The molecule has 134 valence electrons. The van der Waals surface area contributed by atoms with Crippen molar-refractivity contribution < 1.29 is 13.2 Å². The van der Waals surface area contributed by atoms with E-state index in [-0.39, 0.29) is 36.2 Å². The molecule has 6 nitrogen and oxygen atoms in total. The summed E-state index contributed by atoms with van der Waals surface area (Å²) in [5, 5.41) is 3.53. The Morgan fingerprint density at radius 1 is 1.17 bits per heavy atom. The predicted molar refractivity (Wildman–Crippen MR) is 94.6 cm³/mol. The van der Waals surface area contributed by atoms with Crippen molar-refractivity contribution in [3.05, 3.63) is 30.3 Å². The highest BCUT2D eigenvalue weighted by Gasteiger charge is 2.30. The van der Waals surface area contributed by atoms with Crippen LogP contribution in [0.3, 0.4) is 0 Å². The molecule has 2 aliphatic heterocycles. The zero-order valence-electron chi connectivity index (χ0n) is 13.5. The van der Waals surface area contributed by atoms with Gasteiger partial charge in [-0.2, -0.15) is 0 Å². The number of halogens is 1. The van der Waals surface area contributed by atoms with Crippen LogP contribution in [-0.4, -0.2) is 50.9 Å². The third kappa shape index (κ3) is 4.69. The van der Waals surface area contributed by atoms with E-state index in [2.05, 4.69) is 10.0 Å². The molecule has 0 spiro atoms. The summed E-state index contributed by atoms with van der Waals surface area (Å²) in [7, 11) is -3.54. The van der Waals surface area contributed by atoms with Gasteiger partial charge in [0.1, 0.15) is 0 Å². The van der Waals surface area contributed by atoms with Crippen LogP contribution in [-0.2, 0) is 14.8 Å². The Kier molecular flexibility index (Phi) is 6.62. The Balaban J connectivity index is 0.00000208. The standard InChI is InChI=1S/C16H23N3O3S.ClH/c20-16(19-11-9-13-6-7-14(12-19)18-13)8-10-17-23(21,22)15-4-2-1-3-5-15;/h1-5,13-14,17-18H,6-12H2;1H. The minimum absolute atomic E-state index is 0. The molecule has 1 aromatic carbocycles. The molecule has 3 rings (SSSR count). The topological polar surface area (TPSA) is 78.5 Å². The summed E-state index contributed by atoms with van der Waals surface area (Å²) in [6.45, 7) is 1.63. The summed E-state index contributed by atoms with van der Waals surface area (Å²) < 4.78 is 26.7. The minimum atomic E-state index is -3.54. The largest absolute Gasteiger partial charge is 0.341 e. The van der Waals surface area contributed by atoms with E-state index >= 15 is 0 Å². The molecule has 2 heterocycles. The normalized spacial score (nSPS) is 23.4. The average Bonchev–Trinajstić information content (AvgIpc) is 2.87. The molecule has 8 heteroatoms. The van der Waals surface area contributed by atoms with Crippen LogP contribution in [0.1, 0.15) is 25.7 Å². The second kappa shape index (κ2) is 8.29. The van der Waals surface area contributed by atoms with Crippen LogP contribution in [0.4, 0.5) is 0 Å². The maximum absolute atomic E-state index is 12.3. The summed E-state index contributed by atoms with van der Waals surface area (Å²) in [6.07, 6.45) is 3.50. The van der Waals surface area contributed by atoms with Crippen LogP contribution < -0.4 is 10.0 Å². The Bertz CT molecular complexity index is 654. The smallest absolute Gasteiger partial charge is 0.240 e. The van der Waals surface area contributed by atoms with Gasteiger partial charge < -0.3 is 10.2 Å². The van der Waals surface area contributed by atoms with Crippen LogP contribution >= 0.6 is 12.4 Å². The zero-order chi connectivity index (χ0) is 16.3. The Hall–Kier alpha value is -1.15. The second-order valence-corrected chi connectivity index (χ2v) is 7.99. The fourth-order valence-corrected chi connectivity index (χ4v) is 4.36. The van der Waals surface area contributed by atoms with Crippen molar-refractivity contribution in [1.82, 2.24) is 14.9 Å². The number of hydrogen-bond acceptors (Lipinski definition) is 4. The van der Waals surface area contributed by atoms with Crippen LogP contribution in [0.15, 0.2) is 35.2 Å². The van der Waals surface area contributed by atoms with Gasteiger partial charge in [0, 0.05) is 38.1 Å². The van der Waals surface area contributed by atoms with Crippen LogP contribution in [0.25, 0.3) is 0 Å². The molecule has 0 aromatic heterocycles. The molecular weight excluding hydrogens is 350 g/mol. The highest BCUT2D eigenvalue weighted by atomic mass is 35.5. The molecule has 2 bridgehead atoms. The van der Waals surface area contributed by atoms with Crippen LogP contribution in [0, 0.1) is 0 Å². The molecule has 0 aliphatic carbocycles. The number of carbonyl (C=O) groups excluding carboxylic acids is 1. The number of likely N-dealkylation sites (tertiary alicyclic amines) is 1. The SMILES string of the molecule is Cl.O=C(CCNS(=O)(=O)c1ccccc1)N1CCC2CCC(C1)N2. The molecule has 2 aliphatic rings. The van der Waals surface area contributed by atoms with Crippen molar-refractivity contribution in [3.8, 4) is 0 Å². The summed E-state index contributed by atoms with van der Waals surface area (Å²) in [5.74, 6) is 0.0233. The van der Waals surface area contributed by atoms with Crippen molar-refractivity contribution in [2.24, 2.45) is 0 Å². The number of rotatable bonds is 5. The monoisotopic (exact) mass is 373 g/mol. The third-order valence-electron chi connectivity index (χ3n) is 4.56. The quantitative estimate of drug-likeness (QED) is 0.811.